The summed E-state index contributed by atoms with van der Waals surface area (Å²) < 4.78 is 8.56. The van der Waals surface area contributed by atoms with E-state index in [0.29, 0.717) is 31.3 Å². The molecule has 0 spiro atoms. The summed E-state index contributed by atoms with van der Waals surface area (Å²) in [6, 6.07) is 15.6. The molecule has 0 unspecified atom stereocenters. The highest BCUT2D eigenvalue weighted by Gasteiger charge is 2.34. The molecule has 0 radical (unpaired) electrons. The molecule has 3 amide bonds. The molecule has 2 N–H and O–H groups in total. The van der Waals surface area contributed by atoms with Gasteiger partial charge >= 0.3 is 6.03 Å². The SMILES string of the molecule is CC(C)[C@H](C)NC(=O)N(C)C[C@@H]1OCc2ccccc2-c2c(n(C)c3ccccc23)C(=O)N([C@@H](C)CO)C[C@H]1C. The standard InChI is InChI=1S/C32H44N4O4/c1-20(2)23(5)33-32(39)34(6)17-28-21(3)16-36(22(4)18-37)31(38)30-29(25-13-9-8-12-24(25)19-40-28)26-14-10-11-15-27(26)35(30)7/h8-15,20-23,28,37H,16-19H2,1-7H3,(H,33,39)/t21-,22+,23+,28+/m1/s1. The minimum absolute atomic E-state index is 0.0413. The smallest absolute Gasteiger partial charge is 0.317 e. The van der Waals surface area contributed by atoms with Crippen LogP contribution in [0.15, 0.2) is 48.5 Å². The van der Waals surface area contributed by atoms with Crippen molar-refractivity contribution < 1.29 is 19.4 Å². The molecule has 8 nitrogen and oxygen atoms in total. The van der Waals surface area contributed by atoms with E-state index in [1.165, 1.54) is 0 Å². The van der Waals surface area contributed by atoms with Crippen LogP contribution in [0.1, 0.15) is 50.7 Å². The molecule has 4 atom stereocenters. The second-order valence-electron chi connectivity index (χ2n) is 11.6. The summed E-state index contributed by atoms with van der Waals surface area (Å²) in [4.78, 5) is 30.8. The number of benzene rings is 2. The molecular weight excluding hydrogens is 504 g/mol. The van der Waals surface area contributed by atoms with E-state index in [2.05, 4.69) is 25.2 Å². The maximum absolute atomic E-state index is 14.4. The van der Waals surface area contributed by atoms with E-state index < -0.39 is 6.04 Å². The van der Waals surface area contributed by atoms with E-state index in [9.17, 15) is 14.7 Å². The van der Waals surface area contributed by atoms with Crippen molar-refractivity contribution in [2.75, 3.05) is 26.7 Å². The minimum Gasteiger partial charge on any atom is -0.394 e. The van der Waals surface area contributed by atoms with Gasteiger partial charge in [-0.25, -0.2) is 4.79 Å². The third kappa shape index (κ3) is 5.88. The lowest BCUT2D eigenvalue weighted by molar-refractivity contribution is -0.0186. The van der Waals surface area contributed by atoms with Crippen molar-refractivity contribution in [2.45, 2.75) is 59.4 Å². The summed E-state index contributed by atoms with van der Waals surface area (Å²) in [5.41, 5.74) is 4.37. The first-order chi connectivity index (χ1) is 19.0. The maximum Gasteiger partial charge on any atom is 0.317 e. The van der Waals surface area contributed by atoms with Gasteiger partial charge in [0.2, 0.25) is 0 Å². The molecule has 1 aliphatic heterocycles. The first-order valence-corrected chi connectivity index (χ1v) is 14.3. The van der Waals surface area contributed by atoms with Gasteiger partial charge < -0.3 is 29.5 Å². The maximum atomic E-state index is 14.4. The topological polar surface area (TPSA) is 87.0 Å². The fraction of sp³-hybridized carbons (Fsp3) is 0.500. The average molecular weight is 549 g/mol. The van der Waals surface area contributed by atoms with E-state index in [1.54, 1.807) is 16.8 Å². The van der Waals surface area contributed by atoms with Crippen LogP contribution in [0.3, 0.4) is 0 Å². The summed E-state index contributed by atoms with van der Waals surface area (Å²) in [5.74, 6) is 0.0761. The molecule has 8 heteroatoms. The van der Waals surface area contributed by atoms with Gasteiger partial charge in [-0.3, -0.25) is 4.79 Å². The zero-order valence-electron chi connectivity index (χ0n) is 24.8. The Morgan fingerprint density at radius 3 is 2.50 bits per heavy atom. The van der Waals surface area contributed by atoms with E-state index >= 15 is 0 Å². The number of nitrogens with zero attached hydrogens (tertiary/aromatic N) is 3. The Bertz CT molecular complexity index is 1350. The van der Waals surface area contributed by atoms with E-state index in [0.717, 1.165) is 27.6 Å². The monoisotopic (exact) mass is 548 g/mol. The number of aliphatic hydroxyl groups excluding tert-OH is 1. The number of likely N-dealkylation sites (N-methyl/N-ethyl adjacent to an activating group) is 1. The predicted molar refractivity (Wildman–Crippen MR) is 159 cm³/mol. The van der Waals surface area contributed by atoms with Gasteiger partial charge in [0.1, 0.15) is 5.69 Å². The highest BCUT2D eigenvalue weighted by Crippen LogP contribution is 2.38. The Labute approximate surface area is 237 Å². The van der Waals surface area contributed by atoms with E-state index in [-0.39, 0.29) is 36.6 Å². The molecule has 216 valence electrons. The third-order valence-electron chi connectivity index (χ3n) is 8.38. The molecule has 0 aliphatic carbocycles. The highest BCUT2D eigenvalue weighted by atomic mass is 16.5. The van der Waals surface area contributed by atoms with Gasteiger partial charge in [0.15, 0.2) is 0 Å². The van der Waals surface area contributed by atoms with Crippen molar-refractivity contribution in [1.82, 2.24) is 19.7 Å². The zero-order valence-corrected chi connectivity index (χ0v) is 24.8. The number of amides is 3. The number of nitrogens with one attached hydrogen (secondary N) is 1. The highest BCUT2D eigenvalue weighted by molar-refractivity contribution is 6.10. The van der Waals surface area contributed by atoms with Crippen LogP contribution in [0, 0.1) is 11.8 Å². The summed E-state index contributed by atoms with van der Waals surface area (Å²) in [6.45, 7) is 11.0. The molecule has 1 aliphatic rings. The Balaban J connectivity index is 1.79. The van der Waals surface area contributed by atoms with Crippen LogP contribution in [0.4, 0.5) is 4.79 Å². The van der Waals surface area contributed by atoms with Crippen molar-refractivity contribution in [1.29, 1.82) is 0 Å². The molecule has 0 saturated heterocycles. The van der Waals surface area contributed by atoms with Crippen LogP contribution in [0.5, 0.6) is 0 Å². The second kappa shape index (κ2) is 12.4. The first kappa shape index (κ1) is 29.6. The molecule has 1 aromatic heterocycles. The van der Waals surface area contributed by atoms with Crippen LogP contribution in [0.25, 0.3) is 22.0 Å². The lowest BCUT2D eigenvalue weighted by atomic mass is 9.96. The van der Waals surface area contributed by atoms with Crippen molar-refractivity contribution in [3.63, 3.8) is 0 Å². The zero-order chi connectivity index (χ0) is 29.1. The summed E-state index contributed by atoms with van der Waals surface area (Å²) in [5, 5.41) is 14.2. The summed E-state index contributed by atoms with van der Waals surface area (Å²) in [6.07, 6.45) is -0.336. The van der Waals surface area contributed by atoms with Crippen molar-refractivity contribution in [3.8, 4) is 11.1 Å². The molecule has 0 fully saturated rings. The number of fused-ring (bicyclic) bond motifs is 5. The van der Waals surface area contributed by atoms with Crippen LogP contribution < -0.4 is 5.32 Å². The lowest BCUT2D eigenvalue weighted by Crippen LogP contribution is -2.50. The fourth-order valence-electron chi connectivity index (χ4n) is 5.35. The Kier molecular flexibility index (Phi) is 9.21. The lowest BCUT2D eigenvalue weighted by Gasteiger charge is -2.35. The molecule has 0 bridgehead atoms. The van der Waals surface area contributed by atoms with Crippen LogP contribution in [-0.4, -0.2) is 76.3 Å². The summed E-state index contributed by atoms with van der Waals surface area (Å²) >= 11 is 0. The number of para-hydroxylation sites is 1. The fourth-order valence-corrected chi connectivity index (χ4v) is 5.35. The number of hydrogen-bond donors (Lipinski definition) is 2. The molecule has 2 heterocycles. The van der Waals surface area contributed by atoms with Crippen LogP contribution in [0.2, 0.25) is 0 Å². The van der Waals surface area contributed by atoms with Gasteiger partial charge in [0, 0.05) is 55.6 Å². The predicted octanol–water partition coefficient (Wildman–Crippen LogP) is 4.89. The Morgan fingerprint density at radius 2 is 1.80 bits per heavy atom. The van der Waals surface area contributed by atoms with Gasteiger partial charge in [0.05, 0.1) is 25.4 Å². The molecule has 3 aromatic rings. The van der Waals surface area contributed by atoms with Crippen LogP contribution in [-0.2, 0) is 18.4 Å². The normalized spacial score (nSPS) is 19.5. The van der Waals surface area contributed by atoms with Gasteiger partial charge in [-0.05, 0) is 37.0 Å². The average Bonchev–Trinajstić information content (AvgIpc) is 3.23. The van der Waals surface area contributed by atoms with Gasteiger partial charge in [-0.2, -0.15) is 0 Å². The Morgan fingerprint density at radius 1 is 1.12 bits per heavy atom. The van der Waals surface area contributed by atoms with Gasteiger partial charge in [-0.1, -0.05) is 63.2 Å². The number of carbonyl (C=O) groups excluding carboxylic acids is 2. The molecular formula is C32H44N4O4. The van der Waals surface area contributed by atoms with E-state index in [1.807, 2.05) is 74.9 Å². The molecule has 0 saturated carbocycles. The number of aromatic nitrogens is 1. The van der Waals surface area contributed by atoms with Crippen molar-refractivity contribution in [3.05, 3.63) is 59.8 Å². The Hall–Kier alpha value is -3.36. The number of hydrogen-bond acceptors (Lipinski definition) is 4. The van der Waals surface area contributed by atoms with Crippen LogP contribution >= 0.6 is 0 Å². The number of ether oxygens (including phenoxy) is 1. The number of aliphatic hydroxyl groups is 1. The van der Waals surface area contributed by atoms with Gasteiger partial charge in [0.25, 0.3) is 5.91 Å². The first-order valence-electron chi connectivity index (χ1n) is 14.3. The molecule has 40 heavy (non-hydrogen) atoms. The quantitative estimate of drug-likeness (QED) is 0.459. The molecule has 4 rings (SSSR count). The number of urea groups is 1. The second-order valence-corrected chi connectivity index (χ2v) is 11.6. The minimum atomic E-state index is -0.398. The molecule has 2 aromatic carbocycles. The summed E-state index contributed by atoms with van der Waals surface area (Å²) in [7, 11) is 3.70. The number of carbonyl (C=O) groups is 2. The number of aryl methyl sites for hydroxylation is 1. The van der Waals surface area contributed by atoms with Gasteiger partial charge in [-0.15, -0.1) is 0 Å². The van der Waals surface area contributed by atoms with Crippen molar-refractivity contribution in [2.24, 2.45) is 18.9 Å². The van der Waals surface area contributed by atoms with E-state index in [4.69, 9.17) is 4.74 Å². The third-order valence-corrected chi connectivity index (χ3v) is 8.38. The van der Waals surface area contributed by atoms with Crippen molar-refractivity contribution >= 4 is 22.8 Å². The number of rotatable bonds is 6. The largest absolute Gasteiger partial charge is 0.394 e.